The minimum atomic E-state index is -0.832. The molecule has 7 nitrogen and oxygen atoms in total. The van der Waals surface area contributed by atoms with E-state index in [0.29, 0.717) is 0 Å². The lowest BCUT2D eigenvalue weighted by molar-refractivity contribution is -0.144. The van der Waals surface area contributed by atoms with Gasteiger partial charge >= 0.3 is 12.1 Å². The monoisotopic (exact) mass is 462 g/mol. The Hall–Kier alpha value is -3.35. The summed E-state index contributed by atoms with van der Waals surface area (Å²) in [4.78, 5) is 36.8. The summed E-state index contributed by atoms with van der Waals surface area (Å²) < 4.78 is 5.53. The van der Waals surface area contributed by atoms with Crippen molar-refractivity contribution in [1.82, 2.24) is 10.6 Å². The molecule has 0 spiro atoms. The quantitative estimate of drug-likeness (QED) is 0.581. The Kier molecular flexibility index (Phi) is 6.02. The molecule has 7 heteroatoms. The number of hydrogen-bond donors (Lipinski definition) is 3. The van der Waals surface area contributed by atoms with E-state index < -0.39 is 23.9 Å². The highest BCUT2D eigenvalue weighted by Crippen LogP contribution is 2.48. The normalized spacial score (nSPS) is 25.3. The fraction of sp³-hybridized carbons (Fsp3) is 0.444. The second-order valence-electron chi connectivity index (χ2n) is 9.84. The summed E-state index contributed by atoms with van der Waals surface area (Å²) in [5.74, 6) is -1.70. The van der Waals surface area contributed by atoms with Crippen LogP contribution in [0.2, 0.25) is 0 Å². The molecule has 0 saturated heterocycles. The maximum absolute atomic E-state index is 12.7. The summed E-state index contributed by atoms with van der Waals surface area (Å²) in [6.45, 7) is 2.06. The molecule has 2 amide bonds. The van der Waals surface area contributed by atoms with E-state index in [-0.39, 0.29) is 42.9 Å². The van der Waals surface area contributed by atoms with Crippen LogP contribution < -0.4 is 10.6 Å². The van der Waals surface area contributed by atoms with Crippen molar-refractivity contribution >= 4 is 18.0 Å². The lowest BCUT2D eigenvalue weighted by Gasteiger charge is -2.29. The molecule has 5 unspecified atom stereocenters. The Morgan fingerprint density at radius 1 is 1.00 bits per heavy atom. The van der Waals surface area contributed by atoms with Crippen molar-refractivity contribution in [1.29, 1.82) is 0 Å². The molecule has 5 atom stereocenters. The molecule has 178 valence electrons. The SMILES string of the molecule is CC(CNC(=O)OCC1c2ccccc2-c2ccccc21)C(=O)NC1C2CCC(C2)C1C(=O)O. The molecule has 3 aliphatic carbocycles. The number of carboxylic acids is 1. The lowest BCUT2D eigenvalue weighted by atomic mass is 9.84. The standard InChI is InChI=1S/C27H30N2O5/c1-15(25(30)29-24-17-11-10-16(12-17)23(24)26(31)32)13-28-27(33)34-14-22-20-8-4-2-6-18(20)19-7-3-5-9-21(19)22/h2-9,15-17,22-24H,10-14H2,1H3,(H,28,33)(H,29,30)(H,31,32). The van der Waals surface area contributed by atoms with Crippen LogP contribution in [0, 0.1) is 23.7 Å². The molecule has 3 N–H and O–H groups in total. The minimum Gasteiger partial charge on any atom is -0.481 e. The zero-order valence-corrected chi connectivity index (χ0v) is 19.2. The average molecular weight is 463 g/mol. The molecule has 2 saturated carbocycles. The van der Waals surface area contributed by atoms with Crippen LogP contribution in [0.5, 0.6) is 0 Å². The number of carbonyl (C=O) groups is 3. The van der Waals surface area contributed by atoms with E-state index in [1.54, 1.807) is 6.92 Å². The predicted molar refractivity (Wildman–Crippen MR) is 126 cm³/mol. The van der Waals surface area contributed by atoms with Gasteiger partial charge in [0.25, 0.3) is 0 Å². The number of alkyl carbamates (subject to hydrolysis) is 1. The molecule has 0 aromatic heterocycles. The summed E-state index contributed by atoms with van der Waals surface area (Å²) in [7, 11) is 0. The second-order valence-corrected chi connectivity index (χ2v) is 9.84. The lowest BCUT2D eigenvalue weighted by Crippen LogP contribution is -2.49. The first-order chi connectivity index (χ1) is 16.4. The van der Waals surface area contributed by atoms with Crippen molar-refractivity contribution in [3.63, 3.8) is 0 Å². The van der Waals surface area contributed by atoms with Gasteiger partial charge in [-0.25, -0.2) is 4.79 Å². The Labute approximate surface area is 198 Å². The number of amides is 2. The van der Waals surface area contributed by atoms with Crippen molar-refractivity contribution in [2.45, 2.75) is 38.1 Å². The Morgan fingerprint density at radius 3 is 2.26 bits per heavy atom. The van der Waals surface area contributed by atoms with Gasteiger partial charge in [-0.1, -0.05) is 55.5 Å². The van der Waals surface area contributed by atoms with Crippen LogP contribution in [0.3, 0.4) is 0 Å². The predicted octanol–water partition coefficient (Wildman–Crippen LogP) is 3.78. The zero-order chi connectivity index (χ0) is 23.8. The molecule has 2 aromatic carbocycles. The van der Waals surface area contributed by atoms with E-state index in [9.17, 15) is 19.5 Å². The van der Waals surface area contributed by atoms with Crippen LogP contribution in [0.25, 0.3) is 11.1 Å². The van der Waals surface area contributed by atoms with Gasteiger partial charge in [0.05, 0.1) is 11.8 Å². The number of fused-ring (bicyclic) bond motifs is 5. The highest BCUT2D eigenvalue weighted by molar-refractivity contribution is 5.81. The van der Waals surface area contributed by atoms with Gasteiger partial charge in [0.15, 0.2) is 0 Å². The number of hydrogen-bond acceptors (Lipinski definition) is 4. The fourth-order valence-electron chi connectivity index (χ4n) is 6.14. The summed E-state index contributed by atoms with van der Waals surface area (Å²) in [6, 6.07) is 16.0. The van der Waals surface area contributed by atoms with Crippen molar-refractivity contribution in [2.24, 2.45) is 23.7 Å². The summed E-state index contributed by atoms with van der Waals surface area (Å²) >= 11 is 0. The third-order valence-electron chi connectivity index (χ3n) is 7.85. The third-order valence-corrected chi connectivity index (χ3v) is 7.85. The van der Waals surface area contributed by atoms with E-state index in [1.165, 1.54) is 0 Å². The molecule has 2 fully saturated rings. The number of aliphatic carboxylic acids is 1. The van der Waals surface area contributed by atoms with Crippen LogP contribution >= 0.6 is 0 Å². The maximum atomic E-state index is 12.7. The van der Waals surface area contributed by atoms with Crippen LogP contribution in [0.1, 0.15) is 43.2 Å². The van der Waals surface area contributed by atoms with Crippen LogP contribution in [-0.2, 0) is 14.3 Å². The Morgan fingerprint density at radius 2 is 1.62 bits per heavy atom. The largest absolute Gasteiger partial charge is 0.481 e. The van der Waals surface area contributed by atoms with E-state index >= 15 is 0 Å². The van der Waals surface area contributed by atoms with Gasteiger partial charge < -0.3 is 20.5 Å². The van der Waals surface area contributed by atoms with E-state index in [0.717, 1.165) is 41.5 Å². The van der Waals surface area contributed by atoms with Crippen molar-refractivity contribution in [2.75, 3.05) is 13.2 Å². The van der Waals surface area contributed by atoms with Gasteiger partial charge in [0, 0.05) is 18.5 Å². The molecular formula is C27H30N2O5. The van der Waals surface area contributed by atoms with Crippen molar-refractivity contribution in [3.8, 4) is 11.1 Å². The fourth-order valence-corrected chi connectivity index (χ4v) is 6.14. The van der Waals surface area contributed by atoms with Gasteiger partial charge in [0.2, 0.25) is 5.91 Å². The maximum Gasteiger partial charge on any atom is 0.407 e. The van der Waals surface area contributed by atoms with Crippen LogP contribution in [0.15, 0.2) is 48.5 Å². The first kappa shape index (κ1) is 22.4. The summed E-state index contributed by atoms with van der Waals surface area (Å²) in [5.41, 5.74) is 4.61. The molecule has 3 aliphatic rings. The summed E-state index contributed by atoms with van der Waals surface area (Å²) in [5, 5.41) is 15.2. The molecule has 2 bridgehead atoms. The number of carboxylic acid groups (broad SMARTS) is 1. The topological polar surface area (TPSA) is 105 Å². The van der Waals surface area contributed by atoms with Gasteiger partial charge in [-0.3, -0.25) is 9.59 Å². The second kappa shape index (κ2) is 9.12. The summed E-state index contributed by atoms with van der Waals surface area (Å²) in [6.07, 6.45) is 2.19. The minimum absolute atomic E-state index is 0.0235. The number of rotatable bonds is 7. The van der Waals surface area contributed by atoms with Gasteiger partial charge in [-0.2, -0.15) is 0 Å². The molecule has 34 heavy (non-hydrogen) atoms. The van der Waals surface area contributed by atoms with E-state index in [2.05, 4.69) is 34.9 Å². The van der Waals surface area contributed by atoms with Crippen molar-refractivity contribution in [3.05, 3.63) is 59.7 Å². The van der Waals surface area contributed by atoms with E-state index in [4.69, 9.17) is 4.74 Å². The smallest absolute Gasteiger partial charge is 0.407 e. The van der Waals surface area contributed by atoms with Crippen LogP contribution in [-0.4, -0.2) is 42.3 Å². The van der Waals surface area contributed by atoms with Gasteiger partial charge in [-0.15, -0.1) is 0 Å². The molecule has 0 radical (unpaired) electrons. The van der Waals surface area contributed by atoms with E-state index in [1.807, 2.05) is 24.3 Å². The van der Waals surface area contributed by atoms with Crippen molar-refractivity contribution < 1.29 is 24.2 Å². The molecule has 0 aliphatic heterocycles. The Bertz CT molecular complexity index is 1070. The highest BCUT2D eigenvalue weighted by Gasteiger charge is 2.51. The molecule has 5 rings (SSSR count). The molecule has 2 aromatic rings. The first-order valence-electron chi connectivity index (χ1n) is 12.1. The van der Waals surface area contributed by atoms with Gasteiger partial charge in [0.1, 0.15) is 6.61 Å². The van der Waals surface area contributed by atoms with Crippen LogP contribution in [0.4, 0.5) is 4.79 Å². The molecular weight excluding hydrogens is 432 g/mol. The number of carbonyl (C=O) groups excluding carboxylic acids is 2. The highest BCUT2D eigenvalue weighted by atomic mass is 16.5. The number of nitrogens with one attached hydrogen (secondary N) is 2. The van der Waals surface area contributed by atoms with Gasteiger partial charge in [-0.05, 0) is 53.4 Å². The average Bonchev–Trinajstić information content (AvgIpc) is 3.53. The zero-order valence-electron chi connectivity index (χ0n) is 19.2. The number of ether oxygens (including phenoxy) is 1. The first-order valence-corrected chi connectivity index (χ1v) is 12.1. The molecule has 0 heterocycles. The third kappa shape index (κ3) is 4.04. The number of benzene rings is 2. The Balaban J connectivity index is 1.13.